The molecule has 0 amide bonds. The number of hydrogen-bond acceptors (Lipinski definition) is 5. The van der Waals surface area contributed by atoms with E-state index in [1.54, 1.807) is 0 Å². The highest BCUT2D eigenvalue weighted by Crippen LogP contribution is 2.32. The summed E-state index contributed by atoms with van der Waals surface area (Å²) in [6.07, 6.45) is 2.80. The Morgan fingerprint density at radius 2 is 2.19 bits per heavy atom. The van der Waals surface area contributed by atoms with Gasteiger partial charge in [-0.1, -0.05) is 6.07 Å². The number of ether oxygens (including phenoxy) is 3. The lowest BCUT2D eigenvalue weighted by atomic mass is 10.2. The highest BCUT2D eigenvalue weighted by atomic mass is 16.7. The highest BCUT2D eigenvalue weighted by Gasteiger charge is 2.32. The molecule has 0 bridgehead atoms. The summed E-state index contributed by atoms with van der Waals surface area (Å²) in [4.78, 5) is 7.25. The molecular formula is C19H28N4O3. The van der Waals surface area contributed by atoms with Crippen LogP contribution in [0.15, 0.2) is 23.2 Å². The molecule has 26 heavy (non-hydrogen) atoms. The Bertz CT molecular complexity index is 652. The van der Waals surface area contributed by atoms with E-state index in [1.165, 1.54) is 19.4 Å². The Morgan fingerprint density at radius 3 is 3.12 bits per heavy atom. The number of hydrogen-bond donors (Lipinski definition) is 2. The van der Waals surface area contributed by atoms with Crippen LogP contribution in [0.1, 0.15) is 25.3 Å². The van der Waals surface area contributed by atoms with Gasteiger partial charge in [-0.25, -0.2) is 4.99 Å². The van der Waals surface area contributed by atoms with Crippen LogP contribution in [0.3, 0.4) is 0 Å². The fraction of sp³-hybridized carbons (Fsp3) is 0.632. The zero-order valence-corrected chi connectivity index (χ0v) is 15.4. The molecule has 3 aliphatic rings. The van der Waals surface area contributed by atoms with Crippen LogP contribution in [0, 0.1) is 0 Å². The van der Waals surface area contributed by atoms with E-state index >= 15 is 0 Å². The fourth-order valence-corrected chi connectivity index (χ4v) is 3.77. The summed E-state index contributed by atoms with van der Waals surface area (Å²) in [7, 11) is 0. The molecule has 7 heteroatoms. The van der Waals surface area contributed by atoms with E-state index in [1.807, 2.05) is 18.2 Å². The lowest BCUT2D eigenvalue weighted by molar-refractivity contribution is -0.0453. The van der Waals surface area contributed by atoms with Crippen molar-refractivity contribution in [2.75, 3.05) is 39.6 Å². The maximum absolute atomic E-state index is 6.02. The smallest absolute Gasteiger partial charge is 0.231 e. The first-order valence-corrected chi connectivity index (χ1v) is 9.58. The van der Waals surface area contributed by atoms with Gasteiger partial charge in [-0.15, -0.1) is 0 Å². The van der Waals surface area contributed by atoms with Gasteiger partial charge in [0.05, 0.1) is 19.3 Å². The summed E-state index contributed by atoms with van der Waals surface area (Å²) in [6.45, 7) is 7.64. The second kappa shape index (κ2) is 8.14. The molecule has 0 aromatic heterocycles. The normalized spacial score (nSPS) is 25.2. The molecule has 1 aromatic rings. The zero-order valence-electron chi connectivity index (χ0n) is 15.4. The van der Waals surface area contributed by atoms with Gasteiger partial charge in [0.15, 0.2) is 17.5 Å². The highest BCUT2D eigenvalue weighted by molar-refractivity contribution is 5.79. The average Bonchev–Trinajstić information content (AvgIpc) is 3.31. The monoisotopic (exact) mass is 360 g/mol. The molecule has 3 heterocycles. The molecule has 4 rings (SSSR count). The molecule has 1 aromatic carbocycles. The van der Waals surface area contributed by atoms with E-state index in [4.69, 9.17) is 14.2 Å². The minimum atomic E-state index is 0.221. The summed E-state index contributed by atoms with van der Waals surface area (Å²) < 4.78 is 16.8. The Hall–Kier alpha value is -1.99. The van der Waals surface area contributed by atoms with E-state index in [-0.39, 0.29) is 6.10 Å². The standard InChI is InChI=1S/C19H28N4O3/c1-2-20-19(21-9-14-5-6-17-18(8-14)26-13-25-17)22-10-16-11-23-7-3-4-15(23)12-24-16/h5-6,8,15-16H,2-4,7,9-13H2,1H3,(H2,20,21,22). The Labute approximate surface area is 154 Å². The molecule has 142 valence electrons. The first-order chi connectivity index (χ1) is 12.8. The third-order valence-corrected chi connectivity index (χ3v) is 5.16. The van der Waals surface area contributed by atoms with E-state index in [0.29, 0.717) is 19.4 Å². The third-order valence-electron chi connectivity index (χ3n) is 5.16. The summed E-state index contributed by atoms with van der Waals surface area (Å²) in [5.41, 5.74) is 1.10. The summed E-state index contributed by atoms with van der Waals surface area (Å²) >= 11 is 0. The maximum atomic E-state index is 6.02. The lowest BCUT2D eigenvalue weighted by Crippen LogP contribution is -2.51. The van der Waals surface area contributed by atoms with E-state index in [9.17, 15) is 0 Å². The molecule has 0 spiro atoms. The van der Waals surface area contributed by atoms with Crippen molar-refractivity contribution < 1.29 is 14.2 Å². The van der Waals surface area contributed by atoms with Gasteiger partial charge in [0, 0.05) is 25.7 Å². The van der Waals surface area contributed by atoms with Gasteiger partial charge in [0.2, 0.25) is 6.79 Å². The Morgan fingerprint density at radius 1 is 1.27 bits per heavy atom. The van der Waals surface area contributed by atoms with Crippen LogP contribution in [0.4, 0.5) is 0 Å². The zero-order chi connectivity index (χ0) is 17.8. The van der Waals surface area contributed by atoms with Gasteiger partial charge in [-0.05, 0) is 44.0 Å². The van der Waals surface area contributed by atoms with E-state index < -0.39 is 0 Å². The summed E-state index contributed by atoms with van der Waals surface area (Å²) in [5, 5.41) is 6.73. The predicted octanol–water partition coefficient (Wildman–Crippen LogP) is 1.33. The molecule has 2 fully saturated rings. The number of morpholine rings is 1. The summed E-state index contributed by atoms with van der Waals surface area (Å²) in [6, 6.07) is 6.60. The lowest BCUT2D eigenvalue weighted by Gasteiger charge is -2.35. The fourth-order valence-electron chi connectivity index (χ4n) is 3.77. The van der Waals surface area contributed by atoms with Crippen LogP contribution in [0.2, 0.25) is 0 Å². The average molecular weight is 360 g/mol. The van der Waals surface area contributed by atoms with Crippen LogP contribution in [-0.4, -0.2) is 62.6 Å². The van der Waals surface area contributed by atoms with Gasteiger partial charge in [-0.2, -0.15) is 0 Å². The minimum absolute atomic E-state index is 0.221. The Kier molecular flexibility index (Phi) is 5.45. The predicted molar refractivity (Wildman–Crippen MR) is 99.7 cm³/mol. The van der Waals surface area contributed by atoms with Crippen molar-refractivity contribution in [2.45, 2.75) is 38.5 Å². The van der Waals surface area contributed by atoms with Crippen LogP contribution in [0.5, 0.6) is 11.5 Å². The largest absolute Gasteiger partial charge is 0.454 e. The van der Waals surface area contributed by atoms with Crippen LogP contribution < -0.4 is 20.1 Å². The molecule has 2 atom stereocenters. The van der Waals surface area contributed by atoms with Gasteiger partial charge in [0.25, 0.3) is 0 Å². The minimum Gasteiger partial charge on any atom is -0.454 e. The molecule has 2 N–H and O–H groups in total. The Balaban J connectivity index is 1.31. The molecule has 0 radical (unpaired) electrons. The molecule has 7 nitrogen and oxygen atoms in total. The van der Waals surface area contributed by atoms with Crippen LogP contribution >= 0.6 is 0 Å². The number of nitrogens with one attached hydrogen (secondary N) is 2. The molecule has 3 aliphatic heterocycles. The van der Waals surface area contributed by atoms with Crippen molar-refractivity contribution in [3.05, 3.63) is 23.8 Å². The number of benzene rings is 1. The second-order valence-corrected chi connectivity index (χ2v) is 7.01. The van der Waals surface area contributed by atoms with Crippen molar-refractivity contribution in [3.8, 4) is 11.5 Å². The van der Waals surface area contributed by atoms with Crippen molar-refractivity contribution in [2.24, 2.45) is 4.99 Å². The second-order valence-electron chi connectivity index (χ2n) is 7.01. The number of fused-ring (bicyclic) bond motifs is 2. The van der Waals surface area contributed by atoms with Gasteiger partial charge in [0.1, 0.15) is 0 Å². The van der Waals surface area contributed by atoms with Crippen molar-refractivity contribution in [1.29, 1.82) is 0 Å². The van der Waals surface area contributed by atoms with Crippen LogP contribution in [-0.2, 0) is 11.3 Å². The first-order valence-electron chi connectivity index (χ1n) is 9.58. The molecule has 0 aliphatic carbocycles. The van der Waals surface area contributed by atoms with Crippen LogP contribution in [0.25, 0.3) is 0 Å². The maximum Gasteiger partial charge on any atom is 0.231 e. The SMILES string of the molecule is CCNC(=NCc1ccc2c(c1)OCO2)NCC1CN2CCCC2CO1. The van der Waals surface area contributed by atoms with Crippen molar-refractivity contribution in [1.82, 2.24) is 15.5 Å². The number of rotatable bonds is 5. The quantitative estimate of drug-likeness (QED) is 0.610. The number of aliphatic imine (C=N–C) groups is 1. The number of guanidine groups is 1. The number of nitrogens with zero attached hydrogens (tertiary/aromatic N) is 2. The molecule has 2 saturated heterocycles. The molecular weight excluding hydrogens is 332 g/mol. The van der Waals surface area contributed by atoms with Gasteiger partial charge in [-0.3, -0.25) is 4.90 Å². The van der Waals surface area contributed by atoms with Crippen molar-refractivity contribution >= 4 is 5.96 Å². The van der Waals surface area contributed by atoms with Gasteiger partial charge < -0.3 is 24.8 Å². The summed E-state index contributed by atoms with van der Waals surface area (Å²) in [5.74, 6) is 2.42. The van der Waals surface area contributed by atoms with E-state index in [2.05, 4.69) is 27.4 Å². The molecule has 0 saturated carbocycles. The molecule has 2 unspecified atom stereocenters. The third kappa shape index (κ3) is 4.04. The first kappa shape index (κ1) is 17.4. The van der Waals surface area contributed by atoms with Gasteiger partial charge >= 0.3 is 0 Å². The van der Waals surface area contributed by atoms with Crippen molar-refractivity contribution in [3.63, 3.8) is 0 Å². The van der Waals surface area contributed by atoms with E-state index in [0.717, 1.165) is 49.3 Å². The topological polar surface area (TPSA) is 67.4 Å².